The molecule has 1 fully saturated rings. The molecule has 1 atom stereocenters. The summed E-state index contributed by atoms with van der Waals surface area (Å²) < 4.78 is 10.8. The largest absolute Gasteiger partial charge is 0.497 e. The van der Waals surface area contributed by atoms with E-state index in [0.717, 1.165) is 56.3 Å². The molecule has 0 spiro atoms. The summed E-state index contributed by atoms with van der Waals surface area (Å²) >= 11 is 0. The monoisotopic (exact) mass is 371 g/mol. The van der Waals surface area contributed by atoms with Crippen LogP contribution in [-0.2, 0) is 6.42 Å². The smallest absolute Gasteiger partial charge is 0.119 e. The molecule has 1 aromatic carbocycles. The number of aliphatic hydroxyl groups excluding tert-OH is 1. The van der Waals surface area contributed by atoms with Gasteiger partial charge in [-0.05, 0) is 36.4 Å². The van der Waals surface area contributed by atoms with Gasteiger partial charge in [0.2, 0.25) is 0 Å². The summed E-state index contributed by atoms with van der Waals surface area (Å²) in [7, 11) is 1.64. The van der Waals surface area contributed by atoms with Gasteiger partial charge < -0.3 is 19.5 Å². The highest BCUT2D eigenvalue weighted by Crippen LogP contribution is 2.17. The quantitative estimate of drug-likeness (QED) is 0.724. The molecule has 0 amide bonds. The van der Waals surface area contributed by atoms with Gasteiger partial charge in [0.15, 0.2) is 0 Å². The molecule has 0 saturated carbocycles. The van der Waals surface area contributed by atoms with Crippen LogP contribution in [0.3, 0.4) is 0 Å². The van der Waals surface area contributed by atoms with Gasteiger partial charge in [0, 0.05) is 57.6 Å². The second-order valence-electron chi connectivity index (χ2n) is 6.85. The number of β-amino-alcohol motifs (C(OH)–C–C–N with tert-alkyl or cyclic N) is 1. The van der Waals surface area contributed by atoms with Gasteiger partial charge in [-0.3, -0.25) is 9.88 Å². The number of rotatable bonds is 9. The summed E-state index contributed by atoms with van der Waals surface area (Å²) in [5, 5.41) is 10.3. The van der Waals surface area contributed by atoms with Crippen LogP contribution >= 0.6 is 0 Å². The third-order valence-corrected chi connectivity index (χ3v) is 4.85. The van der Waals surface area contributed by atoms with Gasteiger partial charge in [-0.2, -0.15) is 0 Å². The molecule has 2 heterocycles. The summed E-state index contributed by atoms with van der Waals surface area (Å²) in [4.78, 5) is 9.15. The number of piperazine rings is 1. The number of nitrogens with zero attached hydrogens (tertiary/aromatic N) is 3. The Morgan fingerprint density at radius 3 is 2.37 bits per heavy atom. The number of ether oxygens (including phenoxy) is 2. The summed E-state index contributed by atoms with van der Waals surface area (Å²) in [6.45, 7) is 5.98. The van der Waals surface area contributed by atoms with Gasteiger partial charge >= 0.3 is 0 Å². The van der Waals surface area contributed by atoms with Crippen LogP contribution in [0.15, 0.2) is 48.7 Å². The second-order valence-corrected chi connectivity index (χ2v) is 6.85. The van der Waals surface area contributed by atoms with Gasteiger partial charge in [0.05, 0.1) is 7.11 Å². The summed E-state index contributed by atoms with van der Waals surface area (Å²) in [5.74, 6) is 1.54. The van der Waals surface area contributed by atoms with E-state index in [1.54, 1.807) is 7.11 Å². The Kier molecular flexibility index (Phi) is 7.45. The van der Waals surface area contributed by atoms with E-state index in [1.807, 2.05) is 42.6 Å². The first-order valence-electron chi connectivity index (χ1n) is 9.52. The zero-order valence-electron chi connectivity index (χ0n) is 16.0. The number of aliphatic hydroxyl groups is 1. The minimum absolute atomic E-state index is 0.298. The molecule has 1 saturated heterocycles. The van der Waals surface area contributed by atoms with Crippen LogP contribution in [0, 0.1) is 0 Å². The maximum Gasteiger partial charge on any atom is 0.119 e. The van der Waals surface area contributed by atoms with Crippen molar-refractivity contribution in [3.8, 4) is 11.5 Å². The van der Waals surface area contributed by atoms with Crippen LogP contribution in [0.2, 0.25) is 0 Å². The minimum atomic E-state index is -0.493. The lowest BCUT2D eigenvalue weighted by molar-refractivity contribution is 0.0462. The Labute approximate surface area is 161 Å². The van der Waals surface area contributed by atoms with Crippen LogP contribution in [0.5, 0.6) is 11.5 Å². The Bertz CT molecular complexity index is 658. The van der Waals surface area contributed by atoms with Gasteiger partial charge in [-0.15, -0.1) is 0 Å². The van der Waals surface area contributed by atoms with Crippen LogP contribution in [0.1, 0.15) is 5.69 Å². The van der Waals surface area contributed by atoms with E-state index >= 15 is 0 Å². The number of aromatic nitrogens is 1. The SMILES string of the molecule is COc1ccc(OCC(O)CN2CCN(CCc3ccccn3)CC2)cc1. The topological polar surface area (TPSA) is 58.1 Å². The molecule has 1 unspecified atom stereocenters. The van der Waals surface area contributed by atoms with Crippen LogP contribution in [-0.4, -0.2) is 79.0 Å². The average molecular weight is 371 g/mol. The molecular weight excluding hydrogens is 342 g/mol. The van der Waals surface area contributed by atoms with Crippen molar-refractivity contribution in [1.82, 2.24) is 14.8 Å². The Hall–Kier alpha value is -2.15. The van der Waals surface area contributed by atoms with Crippen molar-refractivity contribution < 1.29 is 14.6 Å². The van der Waals surface area contributed by atoms with E-state index in [9.17, 15) is 5.11 Å². The predicted octanol–water partition coefficient (Wildman–Crippen LogP) is 1.69. The Morgan fingerprint density at radius 1 is 1.00 bits per heavy atom. The van der Waals surface area contributed by atoms with Crippen molar-refractivity contribution >= 4 is 0 Å². The normalized spacial score (nSPS) is 16.8. The lowest BCUT2D eigenvalue weighted by Gasteiger charge is -2.35. The van der Waals surface area contributed by atoms with E-state index in [4.69, 9.17) is 9.47 Å². The molecule has 1 aromatic heterocycles. The molecule has 0 radical (unpaired) electrons. The van der Waals surface area contributed by atoms with E-state index in [2.05, 4.69) is 20.9 Å². The number of hydrogen-bond donors (Lipinski definition) is 1. The van der Waals surface area contributed by atoms with Gasteiger partial charge in [-0.25, -0.2) is 0 Å². The molecule has 2 aromatic rings. The van der Waals surface area contributed by atoms with Crippen molar-refractivity contribution in [3.05, 3.63) is 54.4 Å². The van der Waals surface area contributed by atoms with Crippen LogP contribution in [0.25, 0.3) is 0 Å². The molecule has 1 aliphatic heterocycles. The molecule has 3 rings (SSSR count). The maximum atomic E-state index is 10.3. The highest BCUT2D eigenvalue weighted by Gasteiger charge is 2.19. The van der Waals surface area contributed by atoms with Gasteiger partial charge in [-0.1, -0.05) is 6.07 Å². The highest BCUT2D eigenvalue weighted by molar-refractivity contribution is 5.31. The fraction of sp³-hybridized carbons (Fsp3) is 0.476. The van der Waals surface area contributed by atoms with Gasteiger partial charge in [0.25, 0.3) is 0 Å². The first-order chi connectivity index (χ1) is 13.2. The minimum Gasteiger partial charge on any atom is -0.497 e. The third-order valence-electron chi connectivity index (χ3n) is 4.85. The summed E-state index contributed by atoms with van der Waals surface area (Å²) in [6.07, 6.45) is 2.34. The molecule has 6 nitrogen and oxygen atoms in total. The number of pyridine rings is 1. The third kappa shape index (κ3) is 6.50. The molecule has 1 aliphatic rings. The fourth-order valence-corrected chi connectivity index (χ4v) is 3.23. The molecule has 0 aliphatic carbocycles. The predicted molar refractivity (Wildman–Crippen MR) is 105 cm³/mol. The lowest BCUT2D eigenvalue weighted by Crippen LogP contribution is -2.49. The molecule has 6 heteroatoms. The lowest BCUT2D eigenvalue weighted by atomic mass is 10.2. The Balaban J connectivity index is 1.32. The van der Waals surface area contributed by atoms with E-state index in [0.29, 0.717) is 13.2 Å². The molecule has 27 heavy (non-hydrogen) atoms. The zero-order chi connectivity index (χ0) is 18.9. The van der Waals surface area contributed by atoms with Crippen molar-refractivity contribution in [2.45, 2.75) is 12.5 Å². The number of benzene rings is 1. The second kappa shape index (κ2) is 10.3. The fourth-order valence-electron chi connectivity index (χ4n) is 3.23. The van der Waals surface area contributed by atoms with Crippen molar-refractivity contribution in [1.29, 1.82) is 0 Å². The van der Waals surface area contributed by atoms with Crippen LogP contribution in [0.4, 0.5) is 0 Å². The number of hydrogen-bond acceptors (Lipinski definition) is 6. The summed E-state index contributed by atoms with van der Waals surface area (Å²) in [5.41, 5.74) is 1.14. The number of methoxy groups -OCH3 is 1. The maximum absolute atomic E-state index is 10.3. The Morgan fingerprint density at radius 2 is 1.70 bits per heavy atom. The molecule has 1 N–H and O–H groups in total. The highest BCUT2D eigenvalue weighted by atomic mass is 16.5. The standard InChI is InChI=1S/C21H29N3O3/c1-26-20-5-7-21(8-6-20)27-17-19(25)16-24-14-12-23(13-15-24)11-9-18-4-2-3-10-22-18/h2-8,10,19,25H,9,11-17H2,1H3. The molecule has 146 valence electrons. The van der Waals surface area contributed by atoms with Gasteiger partial charge in [0.1, 0.15) is 24.2 Å². The molecular formula is C21H29N3O3. The first kappa shape index (κ1) is 19.6. The van der Waals surface area contributed by atoms with Crippen molar-refractivity contribution in [2.24, 2.45) is 0 Å². The zero-order valence-corrected chi connectivity index (χ0v) is 16.0. The average Bonchev–Trinajstić information content (AvgIpc) is 2.73. The van der Waals surface area contributed by atoms with Crippen LogP contribution < -0.4 is 9.47 Å². The van der Waals surface area contributed by atoms with E-state index < -0.39 is 6.10 Å². The van der Waals surface area contributed by atoms with Crippen molar-refractivity contribution in [2.75, 3.05) is 53.0 Å². The summed E-state index contributed by atoms with van der Waals surface area (Å²) in [6, 6.07) is 13.5. The van der Waals surface area contributed by atoms with E-state index in [1.165, 1.54) is 0 Å². The van der Waals surface area contributed by atoms with Crippen molar-refractivity contribution in [3.63, 3.8) is 0 Å². The van der Waals surface area contributed by atoms with E-state index in [-0.39, 0.29) is 0 Å². The molecule has 0 bridgehead atoms. The first-order valence-corrected chi connectivity index (χ1v) is 9.52.